The standard InChI is InChI=1S/C15H15N5O2/c1-10(18-13-7-8-16-9-17-13)15-19-14(20-22-15)11-3-5-12(21-2)6-4-11/h3-10H,1-2H3,(H,16,17,18)/t10-/m1/s1. The SMILES string of the molecule is COc1ccc(-c2noc([C@@H](C)Nc3ccncn3)n2)cc1. The molecule has 2 heterocycles. The molecule has 0 spiro atoms. The smallest absolute Gasteiger partial charge is 0.249 e. The van der Waals surface area contributed by atoms with E-state index in [9.17, 15) is 0 Å². The quantitative estimate of drug-likeness (QED) is 0.774. The predicted octanol–water partition coefficient (Wildman–Crippen LogP) is 2.71. The summed E-state index contributed by atoms with van der Waals surface area (Å²) in [6, 6.07) is 9.10. The Bertz CT molecular complexity index is 727. The van der Waals surface area contributed by atoms with Gasteiger partial charge < -0.3 is 14.6 Å². The van der Waals surface area contributed by atoms with Crippen LogP contribution in [0.25, 0.3) is 11.4 Å². The Balaban J connectivity index is 1.75. The second kappa shape index (κ2) is 6.21. The first-order valence-corrected chi connectivity index (χ1v) is 6.77. The monoisotopic (exact) mass is 297 g/mol. The van der Waals surface area contributed by atoms with Gasteiger partial charge in [-0.25, -0.2) is 9.97 Å². The molecule has 1 N–H and O–H groups in total. The third kappa shape index (κ3) is 3.03. The molecule has 0 bridgehead atoms. The third-order valence-corrected chi connectivity index (χ3v) is 3.11. The summed E-state index contributed by atoms with van der Waals surface area (Å²) in [4.78, 5) is 12.4. The molecule has 0 amide bonds. The summed E-state index contributed by atoms with van der Waals surface area (Å²) in [5, 5.41) is 7.18. The summed E-state index contributed by atoms with van der Waals surface area (Å²) < 4.78 is 10.4. The first kappa shape index (κ1) is 14.0. The van der Waals surface area contributed by atoms with Crippen LogP contribution in [0.3, 0.4) is 0 Å². The number of aromatic nitrogens is 4. The fourth-order valence-corrected chi connectivity index (χ4v) is 1.93. The molecule has 7 nitrogen and oxygen atoms in total. The van der Waals surface area contributed by atoms with Crippen LogP contribution in [-0.2, 0) is 0 Å². The molecule has 0 fully saturated rings. The number of hydrogen-bond donors (Lipinski definition) is 1. The second-order valence-corrected chi connectivity index (χ2v) is 4.65. The highest BCUT2D eigenvalue weighted by molar-refractivity contribution is 5.55. The lowest BCUT2D eigenvalue weighted by Gasteiger charge is -2.09. The molecular formula is C15H15N5O2. The van der Waals surface area contributed by atoms with Crippen molar-refractivity contribution in [1.29, 1.82) is 0 Å². The highest BCUT2D eigenvalue weighted by Crippen LogP contribution is 2.22. The molecule has 0 saturated heterocycles. The number of hydrogen-bond acceptors (Lipinski definition) is 7. The lowest BCUT2D eigenvalue weighted by atomic mass is 10.2. The Labute approximate surface area is 127 Å². The van der Waals surface area contributed by atoms with E-state index in [-0.39, 0.29) is 6.04 Å². The van der Waals surface area contributed by atoms with E-state index >= 15 is 0 Å². The van der Waals surface area contributed by atoms with E-state index in [1.165, 1.54) is 6.33 Å². The van der Waals surface area contributed by atoms with Crippen molar-refractivity contribution in [2.24, 2.45) is 0 Å². The van der Waals surface area contributed by atoms with Crippen LogP contribution >= 0.6 is 0 Å². The van der Waals surface area contributed by atoms with Gasteiger partial charge in [0.05, 0.1) is 7.11 Å². The van der Waals surface area contributed by atoms with Crippen LogP contribution in [0, 0.1) is 0 Å². The van der Waals surface area contributed by atoms with Crippen LogP contribution in [-0.4, -0.2) is 27.2 Å². The molecule has 0 aliphatic heterocycles. The van der Waals surface area contributed by atoms with Crippen LogP contribution in [0.1, 0.15) is 18.9 Å². The first-order chi connectivity index (χ1) is 10.8. The summed E-state index contributed by atoms with van der Waals surface area (Å²) in [5.41, 5.74) is 0.866. The Kier molecular flexibility index (Phi) is 3.95. The van der Waals surface area contributed by atoms with Gasteiger partial charge >= 0.3 is 0 Å². The van der Waals surface area contributed by atoms with Gasteiger partial charge in [-0.15, -0.1) is 0 Å². The van der Waals surface area contributed by atoms with Crippen molar-refractivity contribution in [3.05, 3.63) is 48.7 Å². The zero-order chi connectivity index (χ0) is 15.4. The van der Waals surface area contributed by atoms with Crippen molar-refractivity contribution < 1.29 is 9.26 Å². The molecule has 22 heavy (non-hydrogen) atoms. The lowest BCUT2D eigenvalue weighted by molar-refractivity contribution is 0.367. The minimum absolute atomic E-state index is 0.158. The van der Waals surface area contributed by atoms with Crippen LogP contribution in [0.5, 0.6) is 5.75 Å². The van der Waals surface area contributed by atoms with Gasteiger partial charge in [0.15, 0.2) is 0 Å². The molecule has 1 aromatic carbocycles. The zero-order valence-electron chi connectivity index (χ0n) is 12.2. The first-order valence-electron chi connectivity index (χ1n) is 6.77. The summed E-state index contributed by atoms with van der Waals surface area (Å²) in [6.07, 6.45) is 3.14. The largest absolute Gasteiger partial charge is 0.497 e. The minimum Gasteiger partial charge on any atom is -0.497 e. The van der Waals surface area contributed by atoms with Crippen molar-refractivity contribution in [2.75, 3.05) is 12.4 Å². The molecule has 3 rings (SSSR count). The molecule has 7 heteroatoms. The van der Waals surface area contributed by atoms with E-state index in [1.807, 2.05) is 31.2 Å². The fraction of sp³-hybridized carbons (Fsp3) is 0.200. The average Bonchev–Trinajstić information content (AvgIpc) is 3.06. The summed E-state index contributed by atoms with van der Waals surface area (Å²) in [5.74, 6) is 2.51. The summed E-state index contributed by atoms with van der Waals surface area (Å²) in [7, 11) is 1.63. The van der Waals surface area contributed by atoms with E-state index in [4.69, 9.17) is 9.26 Å². The van der Waals surface area contributed by atoms with Crippen LogP contribution in [0.15, 0.2) is 47.4 Å². The zero-order valence-corrected chi connectivity index (χ0v) is 12.2. The van der Waals surface area contributed by atoms with Crippen LogP contribution in [0.2, 0.25) is 0 Å². The van der Waals surface area contributed by atoms with Crippen molar-refractivity contribution in [1.82, 2.24) is 20.1 Å². The summed E-state index contributed by atoms with van der Waals surface area (Å²) >= 11 is 0. The number of nitrogens with one attached hydrogen (secondary N) is 1. The lowest BCUT2D eigenvalue weighted by Crippen LogP contribution is -2.08. The Morgan fingerprint density at radius 2 is 2.00 bits per heavy atom. The number of rotatable bonds is 5. The Morgan fingerprint density at radius 1 is 1.18 bits per heavy atom. The average molecular weight is 297 g/mol. The Hall–Kier alpha value is -2.96. The topological polar surface area (TPSA) is 86.0 Å². The third-order valence-electron chi connectivity index (χ3n) is 3.11. The molecule has 0 saturated carbocycles. The van der Waals surface area contributed by atoms with Gasteiger partial charge in [0.1, 0.15) is 23.9 Å². The van der Waals surface area contributed by atoms with Crippen molar-refractivity contribution in [2.45, 2.75) is 13.0 Å². The molecule has 0 aliphatic carbocycles. The number of methoxy groups -OCH3 is 1. The van der Waals surface area contributed by atoms with Gasteiger partial charge in [-0.1, -0.05) is 5.16 Å². The highest BCUT2D eigenvalue weighted by Gasteiger charge is 2.15. The molecule has 1 atom stereocenters. The van der Waals surface area contributed by atoms with Crippen molar-refractivity contribution in [3.63, 3.8) is 0 Å². The summed E-state index contributed by atoms with van der Waals surface area (Å²) in [6.45, 7) is 1.92. The number of nitrogens with zero attached hydrogens (tertiary/aromatic N) is 4. The van der Waals surface area contributed by atoms with Gasteiger partial charge in [-0.3, -0.25) is 0 Å². The molecule has 0 unspecified atom stereocenters. The van der Waals surface area contributed by atoms with Crippen molar-refractivity contribution in [3.8, 4) is 17.1 Å². The van der Waals surface area contributed by atoms with E-state index < -0.39 is 0 Å². The normalized spacial score (nSPS) is 11.9. The van der Waals surface area contributed by atoms with E-state index in [2.05, 4.69) is 25.4 Å². The highest BCUT2D eigenvalue weighted by atomic mass is 16.5. The van der Waals surface area contributed by atoms with E-state index in [1.54, 1.807) is 19.4 Å². The van der Waals surface area contributed by atoms with Crippen LogP contribution < -0.4 is 10.1 Å². The minimum atomic E-state index is -0.158. The van der Waals surface area contributed by atoms with Gasteiger partial charge in [-0.05, 0) is 37.3 Å². The molecule has 0 radical (unpaired) electrons. The fourth-order valence-electron chi connectivity index (χ4n) is 1.93. The predicted molar refractivity (Wildman–Crippen MR) is 80.4 cm³/mol. The second-order valence-electron chi connectivity index (χ2n) is 4.65. The molecule has 3 aromatic rings. The molecule has 112 valence electrons. The number of benzene rings is 1. The van der Waals surface area contributed by atoms with Gasteiger partial charge in [0.25, 0.3) is 0 Å². The maximum Gasteiger partial charge on any atom is 0.249 e. The number of anilines is 1. The Morgan fingerprint density at radius 3 is 2.68 bits per heavy atom. The van der Waals surface area contributed by atoms with Crippen molar-refractivity contribution >= 4 is 5.82 Å². The van der Waals surface area contributed by atoms with Gasteiger partial charge in [0.2, 0.25) is 11.7 Å². The molecular weight excluding hydrogens is 282 g/mol. The number of ether oxygens (including phenoxy) is 1. The van der Waals surface area contributed by atoms with Gasteiger partial charge in [0, 0.05) is 11.8 Å². The maximum atomic E-state index is 5.31. The van der Waals surface area contributed by atoms with E-state index in [0.717, 1.165) is 11.3 Å². The van der Waals surface area contributed by atoms with Crippen LogP contribution in [0.4, 0.5) is 5.82 Å². The van der Waals surface area contributed by atoms with Gasteiger partial charge in [-0.2, -0.15) is 4.98 Å². The molecule has 2 aromatic heterocycles. The maximum absolute atomic E-state index is 5.31. The van der Waals surface area contributed by atoms with E-state index in [0.29, 0.717) is 17.5 Å². The molecule has 0 aliphatic rings.